The summed E-state index contributed by atoms with van der Waals surface area (Å²) in [5.41, 5.74) is 2.43. The second-order valence-electron chi connectivity index (χ2n) is 8.47. The van der Waals surface area contributed by atoms with Crippen LogP contribution in [0, 0.1) is 18.6 Å². The summed E-state index contributed by atoms with van der Waals surface area (Å²) >= 11 is 0. The van der Waals surface area contributed by atoms with Crippen LogP contribution in [0.25, 0.3) is 0 Å². The Labute approximate surface area is 194 Å². The molecule has 2 aliphatic rings. The van der Waals surface area contributed by atoms with Crippen molar-refractivity contribution in [2.45, 2.75) is 26.2 Å². The maximum atomic E-state index is 13.8. The second kappa shape index (κ2) is 8.94. The van der Waals surface area contributed by atoms with Gasteiger partial charge in [0.1, 0.15) is 17.7 Å². The highest BCUT2D eigenvalue weighted by Crippen LogP contribution is 2.27. The third-order valence-corrected chi connectivity index (χ3v) is 6.31. The molecule has 0 N–H and O–H groups in total. The van der Waals surface area contributed by atoms with Crippen LogP contribution >= 0.6 is 0 Å². The van der Waals surface area contributed by atoms with Crippen LogP contribution in [0.1, 0.15) is 43.8 Å². The second-order valence-corrected chi connectivity index (χ2v) is 8.47. The molecule has 8 nitrogen and oxygen atoms in total. The summed E-state index contributed by atoms with van der Waals surface area (Å²) in [5.74, 6) is -1.26. The first-order valence-electron chi connectivity index (χ1n) is 11.0. The van der Waals surface area contributed by atoms with Gasteiger partial charge >= 0.3 is 0 Å². The van der Waals surface area contributed by atoms with E-state index in [1.54, 1.807) is 45.7 Å². The summed E-state index contributed by atoms with van der Waals surface area (Å²) in [5, 5.41) is 8.22. The van der Waals surface area contributed by atoms with Gasteiger partial charge in [0, 0.05) is 31.7 Å². The lowest BCUT2D eigenvalue weighted by molar-refractivity contribution is -0.00206. The van der Waals surface area contributed by atoms with Gasteiger partial charge in [-0.2, -0.15) is 0 Å². The van der Waals surface area contributed by atoms with E-state index >= 15 is 0 Å². The molecule has 1 saturated heterocycles. The van der Waals surface area contributed by atoms with Crippen LogP contribution in [-0.2, 0) is 17.9 Å². The Morgan fingerprint density at radius 3 is 2.32 bits per heavy atom. The summed E-state index contributed by atoms with van der Waals surface area (Å²) < 4.78 is 34.6. The van der Waals surface area contributed by atoms with Crippen molar-refractivity contribution in [1.29, 1.82) is 0 Å². The Morgan fingerprint density at radius 2 is 1.65 bits per heavy atom. The molecule has 10 heteroatoms. The largest absolute Gasteiger partial charge is 0.365 e. The third kappa shape index (κ3) is 4.16. The summed E-state index contributed by atoms with van der Waals surface area (Å²) in [6.45, 7) is 3.53. The molecular weight excluding hydrogens is 444 g/mol. The molecular formula is C24H23F2N5O3. The fourth-order valence-corrected chi connectivity index (χ4v) is 4.23. The van der Waals surface area contributed by atoms with Crippen LogP contribution in [0.2, 0.25) is 0 Å². The Balaban J connectivity index is 1.22. The van der Waals surface area contributed by atoms with E-state index in [0.29, 0.717) is 49.5 Å². The predicted molar refractivity (Wildman–Crippen MR) is 117 cm³/mol. The minimum atomic E-state index is -0.416. The van der Waals surface area contributed by atoms with Gasteiger partial charge in [-0.05, 0) is 42.3 Å². The Morgan fingerprint density at radius 1 is 0.971 bits per heavy atom. The number of hydrogen-bond acceptors (Lipinski definition) is 5. The molecule has 2 aromatic carbocycles. The number of rotatable bonds is 3. The summed E-state index contributed by atoms with van der Waals surface area (Å²) in [7, 11) is 0. The van der Waals surface area contributed by atoms with Gasteiger partial charge < -0.3 is 14.5 Å². The predicted octanol–water partition coefficient (Wildman–Crippen LogP) is 2.73. The number of carbonyl (C=O) groups is 2. The highest BCUT2D eigenvalue weighted by molar-refractivity contribution is 5.95. The molecule has 0 radical (unpaired) electrons. The van der Waals surface area contributed by atoms with Crippen molar-refractivity contribution in [1.82, 2.24) is 24.8 Å². The number of aromatic nitrogens is 3. The lowest BCUT2D eigenvalue weighted by Crippen LogP contribution is -2.50. The van der Waals surface area contributed by atoms with Crippen LogP contribution in [0.15, 0.2) is 42.5 Å². The van der Waals surface area contributed by atoms with E-state index in [2.05, 4.69) is 10.3 Å². The first-order valence-corrected chi connectivity index (χ1v) is 11.0. The molecule has 3 heterocycles. The van der Waals surface area contributed by atoms with E-state index < -0.39 is 5.82 Å². The zero-order valence-corrected chi connectivity index (χ0v) is 18.6. The van der Waals surface area contributed by atoms with E-state index in [-0.39, 0.29) is 36.0 Å². The molecule has 0 bridgehead atoms. The molecule has 0 spiro atoms. The van der Waals surface area contributed by atoms with E-state index in [4.69, 9.17) is 4.74 Å². The van der Waals surface area contributed by atoms with Crippen molar-refractivity contribution >= 4 is 11.8 Å². The molecule has 1 atom stereocenters. The van der Waals surface area contributed by atoms with Gasteiger partial charge in [0.05, 0.1) is 18.8 Å². The molecule has 176 valence electrons. The minimum Gasteiger partial charge on any atom is -0.365 e. The molecule has 2 aliphatic heterocycles. The van der Waals surface area contributed by atoms with E-state index in [1.807, 2.05) is 0 Å². The fourth-order valence-electron chi connectivity index (χ4n) is 4.23. The number of ether oxygens (including phenoxy) is 1. The maximum absolute atomic E-state index is 13.8. The fraction of sp³-hybridized carbons (Fsp3) is 0.333. The molecule has 3 aromatic rings. The highest BCUT2D eigenvalue weighted by atomic mass is 19.1. The van der Waals surface area contributed by atoms with Crippen molar-refractivity contribution in [2.75, 3.05) is 26.2 Å². The minimum absolute atomic E-state index is 0.160. The number of hydrogen-bond donors (Lipinski definition) is 0. The first kappa shape index (κ1) is 22.1. The zero-order chi connectivity index (χ0) is 23.8. The van der Waals surface area contributed by atoms with Crippen molar-refractivity contribution in [2.24, 2.45) is 0 Å². The number of piperazine rings is 1. The van der Waals surface area contributed by atoms with Crippen LogP contribution in [-0.4, -0.2) is 62.8 Å². The quantitative estimate of drug-likeness (QED) is 0.592. The van der Waals surface area contributed by atoms with Crippen molar-refractivity contribution in [3.05, 3.63) is 82.2 Å². The zero-order valence-electron chi connectivity index (χ0n) is 18.6. The average Bonchev–Trinajstić information content (AvgIpc) is 3.29. The highest BCUT2D eigenvalue weighted by Gasteiger charge is 2.32. The van der Waals surface area contributed by atoms with Crippen LogP contribution in [0.3, 0.4) is 0 Å². The smallest absolute Gasteiger partial charge is 0.276 e. The molecule has 0 aliphatic carbocycles. The standard InChI is InChI=1S/C24H23F2N5O3/c1-15-2-3-17(12-19(15)26)23(32)29-8-10-30(11-9-29)24(33)22-20-14-34-21(13-31(20)28-27-22)16-4-6-18(25)7-5-16/h2-7,12,21H,8-11,13-14H2,1H3/t21-/m0/s1. The molecule has 1 fully saturated rings. The monoisotopic (exact) mass is 467 g/mol. The average molecular weight is 467 g/mol. The molecule has 34 heavy (non-hydrogen) atoms. The first-order chi connectivity index (χ1) is 16.4. The SMILES string of the molecule is Cc1ccc(C(=O)N2CCN(C(=O)c3nnn4c3CO[C@H](c3ccc(F)cc3)C4)CC2)cc1F. The maximum Gasteiger partial charge on any atom is 0.276 e. The number of aryl methyl sites for hydroxylation is 1. The van der Waals surface area contributed by atoms with Gasteiger partial charge in [-0.3, -0.25) is 9.59 Å². The normalized spacial score (nSPS) is 18.0. The number of carbonyl (C=O) groups excluding carboxylic acids is 2. The van der Waals surface area contributed by atoms with E-state index in [1.165, 1.54) is 18.2 Å². The van der Waals surface area contributed by atoms with Gasteiger partial charge in [-0.1, -0.05) is 23.4 Å². The number of fused-ring (bicyclic) bond motifs is 1. The molecule has 1 aromatic heterocycles. The van der Waals surface area contributed by atoms with E-state index in [9.17, 15) is 18.4 Å². The van der Waals surface area contributed by atoms with Crippen molar-refractivity contribution < 1.29 is 23.1 Å². The van der Waals surface area contributed by atoms with Crippen molar-refractivity contribution in [3.63, 3.8) is 0 Å². The Hall–Kier alpha value is -3.66. The molecule has 5 rings (SSSR count). The summed E-state index contributed by atoms with van der Waals surface area (Å²) in [6, 6.07) is 10.5. The lowest BCUT2D eigenvalue weighted by Gasteiger charge is -2.34. The van der Waals surface area contributed by atoms with Crippen molar-refractivity contribution in [3.8, 4) is 0 Å². The number of nitrogens with zero attached hydrogens (tertiary/aromatic N) is 5. The lowest BCUT2D eigenvalue weighted by atomic mass is 10.1. The van der Waals surface area contributed by atoms with Crippen LogP contribution in [0.4, 0.5) is 8.78 Å². The van der Waals surface area contributed by atoms with E-state index in [0.717, 1.165) is 5.56 Å². The number of amides is 2. The third-order valence-electron chi connectivity index (χ3n) is 6.31. The molecule has 0 saturated carbocycles. The van der Waals surface area contributed by atoms with Gasteiger partial charge in [-0.25, -0.2) is 13.5 Å². The Bertz CT molecular complexity index is 1240. The van der Waals surface area contributed by atoms with Crippen LogP contribution in [0.5, 0.6) is 0 Å². The summed E-state index contributed by atoms with van der Waals surface area (Å²) in [4.78, 5) is 29.1. The Kier molecular flexibility index (Phi) is 5.82. The van der Waals surface area contributed by atoms with Gasteiger partial charge in [-0.15, -0.1) is 5.10 Å². The van der Waals surface area contributed by atoms with Gasteiger partial charge in [0.2, 0.25) is 0 Å². The molecule has 2 amide bonds. The molecule has 0 unspecified atom stereocenters. The van der Waals surface area contributed by atoms with Gasteiger partial charge in [0.25, 0.3) is 11.8 Å². The summed E-state index contributed by atoms with van der Waals surface area (Å²) in [6.07, 6.45) is -0.307. The van der Waals surface area contributed by atoms with Crippen LogP contribution < -0.4 is 0 Å². The number of halogens is 2. The van der Waals surface area contributed by atoms with Gasteiger partial charge in [0.15, 0.2) is 5.69 Å². The topological polar surface area (TPSA) is 80.6 Å². The number of benzene rings is 2.